The summed E-state index contributed by atoms with van der Waals surface area (Å²) in [7, 11) is 0. The lowest BCUT2D eigenvalue weighted by Crippen LogP contribution is -1.91. The molecule has 1 N–H and O–H groups in total. The predicted octanol–water partition coefficient (Wildman–Crippen LogP) is 5.69. The minimum Gasteiger partial charge on any atom is -0.416 e. The summed E-state index contributed by atoms with van der Waals surface area (Å²) in [5, 5.41) is 1.75. The van der Waals surface area contributed by atoms with Gasteiger partial charge in [-0.25, -0.2) is 4.57 Å². The molecule has 0 radical (unpaired) electrons. The van der Waals surface area contributed by atoms with Crippen molar-refractivity contribution in [2.45, 2.75) is 6.92 Å². The highest BCUT2D eigenvalue weighted by atomic mass is 79.9. The molecule has 0 aliphatic rings. The average Bonchev–Trinajstić information content (AvgIpc) is 2.47. The smallest absolute Gasteiger partial charge is 0.416 e. The Kier molecular flexibility index (Phi) is 4.09. The minimum absolute atomic E-state index is 0.407. The molecular formula is C17H14BrO3P. The summed E-state index contributed by atoms with van der Waals surface area (Å²) in [6.07, 6.45) is -3.84. The van der Waals surface area contributed by atoms with E-state index in [0.717, 1.165) is 27.5 Å². The monoisotopic (exact) mass is 376 g/mol. The highest BCUT2D eigenvalue weighted by Crippen LogP contribution is 2.53. The van der Waals surface area contributed by atoms with Crippen molar-refractivity contribution in [1.29, 1.82) is 0 Å². The van der Waals surface area contributed by atoms with Crippen LogP contribution in [0.1, 0.15) is 5.56 Å². The molecule has 1 atom stereocenters. The topological polar surface area (TPSA) is 46.5 Å². The minimum atomic E-state index is -3.84. The van der Waals surface area contributed by atoms with Crippen LogP contribution in [0.25, 0.3) is 21.9 Å². The molecule has 0 spiro atoms. The molecule has 0 saturated heterocycles. The highest BCUT2D eigenvalue weighted by molar-refractivity contribution is 9.39. The van der Waals surface area contributed by atoms with E-state index in [2.05, 4.69) is 15.5 Å². The number of rotatable bonds is 3. The van der Waals surface area contributed by atoms with E-state index in [0.29, 0.717) is 5.75 Å². The van der Waals surface area contributed by atoms with Gasteiger partial charge in [0.25, 0.3) is 0 Å². The van der Waals surface area contributed by atoms with Gasteiger partial charge in [0.1, 0.15) is 5.75 Å². The second kappa shape index (κ2) is 5.88. The molecule has 0 aliphatic heterocycles. The van der Waals surface area contributed by atoms with Crippen LogP contribution in [-0.2, 0) is 4.57 Å². The van der Waals surface area contributed by atoms with Crippen molar-refractivity contribution in [3.05, 3.63) is 66.2 Å². The zero-order valence-electron chi connectivity index (χ0n) is 11.9. The third kappa shape index (κ3) is 3.25. The molecule has 0 aromatic heterocycles. The van der Waals surface area contributed by atoms with E-state index in [4.69, 9.17) is 4.52 Å². The first-order valence-corrected chi connectivity index (χ1v) is 10.3. The maximum Gasteiger partial charge on any atom is 0.444 e. The molecule has 0 heterocycles. The summed E-state index contributed by atoms with van der Waals surface area (Å²) in [5.74, 6) is 0.407. The molecule has 0 bridgehead atoms. The Labute approximate surface area is 136 Å². The zero-order chi connectivity index (χ0) is 15.7. The van der Waals surface area contributed by atoms with E-state index in [-0.39, 0.29) is 0 Å². The van der Waals surface area contributed by atoms with Gasteiger partial charge in [-0.1, -0.05) is 60.2 Å². The van der Waals surface area contributed by atoms with Crippen LogP contribution >= 0.6 is 21.8 Å². The summed E-state index contributed by atoms with van der Waals surface area (Å²) in [6.45, 7) is 2.02. The first-order valence-electron chi connectivity index (χ1n) is 6.75. The van der Waals surface area contributed by atoms with E-state index < -0.39 is 6.30 Å². The maximum absolute atomic E-state index is 11.7. The third-order valence-corrected chi connectivity index (χ3v) is 4.29. The van der Waals surface area contributed by atoms with Crippen molar-refractivity contribution in [2.75, 3.05) is 0 Å². The summed E-state index contributed by atoms with van der Waals surface area (Å²) < 4.78 is 17.1. The lowest BCUT2D eigenvalue weighted by Gasteiger charge is -2.15. The normalized spacial score (nSPS) is 13.8. The molecule has 3 aromatic carbocycles. The Hall–Kier alpha value is -1.61. The summed E-state index contributed by atoms with van der Waals surface area (Å²) >= 11 is 2.71. The Bertz CT molecular complexity index is 869. The van der Waals surface area contributed by atoms with Crippen molar-refractivity contribution < 1.29 is 14.0 Å². The summed E-state index contributed by atoms with van der Waals surface area (Å²) in [5.41, 5.74) is 2.88. The van der Waals surface area contributed by atoms with Crippen LogP contribution in [0.3, 0.4) is 0 Å². The Morgan fingerprint density at radius 1 is 1.00 bits per heavy atom. The largest absolute Gasteiger partial charge is 0.444 e. The molecule has 22 heavy (non-hydrogen) atoms. The molecule has 112 valence electrons. The van der Waals surface area contributed by atoms with Gasteiger partial charge in [-0.15, -0.1) is 0 Å². The maximum atomic E-state index is 11.7. The molecule has 3 nitrogen and oxygen atoms in total. The number of halogens is 1. The third-order valence-electron chi connectivity index (χ3n) is 3.45. The summed E-state index contributed by atoms with van der Waals surface area (Å²) in [4.78, 5) is 9.60. The Morgan fingerprint density at radius 2 is 1.68 bits per heavy atom. The average molecular weight is 377 g/mol. The number of hydrogen-bond donors (Lipinski definition) is 1. The van der Waals surface area contributed by atoms with Crippen molar-refractivity contribution in [2.24, 2.45) is 0 Å². The quantitative estimate of drug-likeness (QED) is 0.597. The van der Waals surface area contributed by atoms with Crippen LogP contribution in [0, 0.1) is 6.92 Å². The van der Waals surface area contributed by atoms with Gasteiger partial charge in [0.2, 0.25) is 0 Å². The van der Waals surface area contributed by atoms with E-state index in [1.54, 1.807) is 0 Å². The lowest BCUT2D eigenvalue weighted by atomic mass is 9.99. The van der Waals surface area contributed by atoms with Gasteiger partial charge < -0.3 is 9.42 Å². The lowest BCUT2D eigenvalue weighted by molar-refractivity contribution is 0.406. The van der Waals surface area contributed by atoms with Crippen LogP contribution in [0.2, 0.25) is 0 Å². The molecule has 3 rings (SSSR count). The van der Waals surface area contributed by atoms with E-state index in [1.807, 2.05) is 67.6 Å². The van der Waals surface area contributed by atoms with E-state index in [9.17, 15) is 9.46 Å². The molecule has 3 aromatic rings. The molecule has 0 amide bonds. The van der Waals surface area contributed by atoms with Gasteiger partial charge >= 0.3 is 6.30 Å². The molecule has 0 fully saturated rings. The first kappa shape index (κ1) is 15.3. The van der Waals surface area contributed by atoms with Crippen molar-refractivity contribution >= 4 is 32.6 Å². The molecule has 5 heteroatoms. The summed E-state index contributed by atoms with van der Waals surface area (Å²) in [6, 6.07) is 19.5. The number of aryl methyl sites for hydroxylation is 1. The zero-order valence-corrected chi connectivity index (χ0v) is 14.3. The van der Waals surface area contributed by atoms with Crippen molar-refractivity contribution in [1.82, 2.24) is 0 Å². The first-order chi connectivity index (χ1) is 10.4. The van der Waals surface area contributed by atoms with Gasteiger partial charge in [0, 0.05) is 10.9 Å². The highest BCUT2D eigenvalue weighted by Gasteiger charge is 2.20. The molecule has 0 saturated carbocycles. The van der Waals surface area contributed by atoms with Gasteiger partial charge in [-0.05, 0) is 23.9 Å². The number of fused-ring (bicyclic) bond motifs is 1. The van der Waals surface area contributed by atoms with Crippen molar-refractivity contribution in [3.63, 3.8) is 0 Å². The number of hydrogen-bond acceptors (Lipinski definition) is 2. The fourth-order valence-electron chi connectivity index (χ4n) is 2.41. The van der Waals surface area contributed by atoms with Crippen LogP contribution in [-0.4, -0.2) is 4.89 Å². The van der Waals surface area contributed by atoms with Gasteiger partial charge in [0.15, 0.2) is 0 Å². The molecular weight excluding hydrogens is 363 g/mol. The van der Waals surface area contributed by atoms with Gasteiger partial charge in [0.05, 0.1) is 15.5 Å². The Morgan fingerprint density at radius 3 is 2.36 bits per heavy atom. The SMILES string of the molecule is Cc1ccc(-c2ccc3ccccc3c2OP(=O)(O)Br)cc1. The second-order valence-electron chi connectivity index (χ2n) is 5.07. The van der Waals surface area contributed by atoms with Crippen LogP contribution in [0.4, 0.5) is 0 Å². The van der Waals surface area contributed by atoms with Crippen LogP contribution < -0.4 is 4.52 Å². The van der Waals surface area contributed by atoms with Gasteiger partial charge in [-0.2, -0.15) is 0 Å². The van der Waals surface area contributed by atoms with E-state index >= 15 is 0 Å². The Balaban J connectivity index is 2.27. The second-order valence-corrected chi connectivity index (χ2v) is 8.85. The fourth-order valence-corrected chi connectivity index (χ4v) is 3.27. The van der Waals surface area contributed by atoms with Gasteiger partial charge in [-0.3, -0.25) is 0 Å². The van der Waals surface area contributed by atoms with Crippen LogP contribution in [0.15, 0.2) is 60.7 Å². The molecule has 1 unspecified atom stereocenters. The number of benzene rings is 3. The van der Waals surface area contributed by atoms with Crippen molar-refractivity contribution in [3.8, 4) is 16.9 Å². The van der Waals surface area contributed by atoms with E-state index in [1.165, 1.54) is 0 Å². The molecule has 0 aliphatic carbocycles. The fraction of sp³-hybridized carbons (Fsp3) is 0.0588. The standard InChI is InChI=1S/C17H14BrO3P/c1-12-6-8-14(9-7-12)16-11-10-13-4-2-3-5-15(13)17(16)21-22(18,19)20/h2-11H,1H3,(H,19,20). The van der Waals surface area contributed by atoms with Crippen LogP contribution in [0.5, 0.6) is 5.75 Å². The predicted molar refractivity (Wildman–Crippen MR) is 93.5 cm³/mol.